The molecule has 31 heavy (non-hydrogen) atoms. The average molecular weight is 416 g/mol. The van der Waals surface area contributed by atoms with E-state index in [-0.39, 0.29) is 11.8 Å². The highest BCUT2D eigenvalue weighted by molar-refractivity contribution is 6.07. The van der Waals surface area contributed by atoms with Gasteiger partial charge in [-0.05, 0) is 54.8 Å². The van der Waals surface area contributed by atoms with Crippen LogP contribution in [-0.4, -0.2) is 29.9 Å². The topological polar surface area (TPSA) is 88.9 Å². The standard InChI is InChI=1S/C24H20N2O5/c1-24(13-16-4-2-3-5-19(16)22(28)31-24)23(29)25-18-6-7-20-15(12-18)8-10-26(20)21(27)17-9-11-30-14-17/h2-7,9,11-12,14H,8,10,13H2,1H3,(H,25,29). The van der Waals surface area contributed by atoms with Crippen LogP contribution in [0.2, 0.25) is 0 Å². The number of amides is 2. The third-order valence-electron chi connectivity index (χ3n) is 5.81. The first-order valence-corrected chi connectivity index (χ1v) is 10.0. The molecule has 0 aliphatic carbocycles. The highest BCUT2D eigenvalue weighted by Crippen LogP contribution is 2.33. The zero-order valence-corrected chi connectivity index (χ0v) is 16.9. The molecule has 1 aromatic heterocycles. The van der Waals surface area contributed by atoms with Crippen LogP contribution in [0.15, 0.2) is 65.5 Å². The summed E-state index contributed by atoms with van der Waals surface area (Å²) in [5, 5.41) is 2.87. The predicted molar refractivity (Wildman–Crippen MR) is 113 cm³/mol. The first-order chi connectivity index (χ1) is 14.9. The molecule has 1 N–H and O–H groups in total. The number of hydrogen-bond acceptors (Lipinski definition) is 5. The lowest BCUT2D eigenvalue weighted by atomic mass is 9.89. The van der Waals surface area contributed by atoms with Gasteiger partial charge in [0.1, 0.15) is 6.26 Å². The van der Waals surface area contributed by atoms with Gasteiger partial charge >= 0.3 is 5.97 Å². The van der Waals surface area contributed by atoms with Gasteiger partial charge < -0.3 is 19.4 Å². The highest BCUT2D eigenvalue weighted by Gasteiger charge is 2.42. The Balaban J connectivity index is 1.34. The van der Waals surface area contributed by atoms with Crippen LogP contribution in [-0.2, 0) is 22.4 Å². The molecule has 156 valence electrons. The van der Waals surface area contributed by atoms with Crippen molar-refractivity contribution in [3.63, 3.8) is 0 Å². The fourth-order valence-electron chi connectivity index (χ4n) is 4.16. The number of carbonyl (C=O) groups is 3. The van der Waals surface area contributed by atoms with Gasteiger partial charge in [0.05, 0.1) is 17.4 Å². The molecule has 2 aromatic carbocycles. The molecule has 0 bridgehead atoms. The second-order valence-corrected chi connectivity index (χ2v) is 7.97. The number of benzene rings is 2. The monoisotopic (exact) mass is 416 g/mol. The summed E-state index contributed by atoms with van der Waals surface area (Å²) in [5.41, 5.74) is 2.86. The maximum absolute atomic E-state index is 13.0. The minimum atomic E-state index is -1.30. The van der Waals surface area contributed by atoms with Crippen molar-refractivity contribution >= 4 is 29.2 Å². The van der Waals surface area contributed by atoms with Crippen molar-refractivity contribution in [2.45, 2.75) is 25.4 Å². The second-order valence-electron chi connectivity index (χ2n) is 7.97. The van der Waals surface area contributed by atoms with E-state index >= 15 is 0 Å². The lowest BCUT2D eigenvalue weighted by molar-refractivity contribution is -0.134. The van der Waals surface area contributed by atoms with Gasteiger partial charge in [-0.2, -0.15) is 0 Å². The fourth-order valence-corrected chi connectivity index (χ4v) is 4.16. The van der Waals surface area contributed by atoms with Crippen LogP contribution in [0.5, 0.6) is 0 Å². The van der Waals surface area contributed by atoms with Crippen molar-refractivity contribution in [3.05, 3.63) is 83.3 Å². The van der Waals surface area contributed by atoms with E-state index in [9.17, 15) is 14.4 Å². The molecule has 0 radical (unpaired) electrons. The van der Waals surface area contributed by atoms with E-state index in [0.717, 1.165) is 16.8 Å². The third kappa shape index (κ3) is 3.28. The van der Waals surface area contributed by atoms with Crippen molar-refractivity contribution in [2.24, 2.45) is 0 Å². The van der Waals surface area contributed by atoms with E-state index in [0.29, 0.717) is 36.2 Å². The fraction of sp³-hybridized carbons (Fsp3) is 0.208. The van der Waals surface area contributed by atoms with Crippen LogP contribution >= 0.6 is 0 Å². The van der Waals surface area contributed by atoms with Crippen LogP contribution in [0.25, 0.3) is 0 Å². The maximum Gasteiger partial charge on any atom is 0.339 e. The van der Waals surface area contributed by atoms with Crippen LogP contribution in [0, 0.1) is 0 Å². The summed E-state index contributed by atoms with van der Waals surface area (Å²) in [6.45, 7) is 2.18. The minimum Gasteiger partial charge on any atom is -0.472 e. The molecule has 7 heteroatoms. The van der Waals surface area contributed by atoms with Crippen molar-refractivity contribution in [2.75, 3.05) is 16.8 Å². The number of nitrogens with one attached hydrogen (secondary N) is 1. The maximum atomic E-state index is 13.0. The zero-order chi connectivity index (χ0) is 21.6. The van der Waals surface area contributed by atoms with E-state index in [1.54, 1.807) is 36.1 Å². The Hall–Kier alpha value is -3.87. The van der Waals surface area contributed by atoms with Crippen molar-refractivity contribution in [1.82, 2.24) is 0 Å². The van der Waals surface area contributed by atoms with Gasteiger partial charge in [-0.25, -0.2) is 4.79 Å². The van der Waals surface area contributed by atoms with Crippen LogP contribution in [0.4, 0.5) is 11.4 Å². The number of hydrogen-bond donors (Lipinski definition) is 1. The molecule has 7 nitrogen and oxygen atoms in total. The number of fused-ring (bicyclic) bond motifs is 2. The number of cyclic esters (lactones) is 1. The van der Waals surface area contributed by atoms with Gasteiger partial charge in [0.2, 0.25) is 0 Å². The Kier molecular flexibility index (Phi) is 4.39. The smallest absolute Gasteiger partial charge is 0.339 e. The zero-order valence-electron chi connectivity index (χ0n) is 16.9. The Labute approximate surface area is 178 Å². The molecule has 5 rings (SSSR count). The molecule has 2 aliphatic rings. The lowest BCUT2D eigenvalue weighted by Gasteiger charge is -2.33. The second kappa shape index (κ2) is 7.12. The van der Waals surface area contributed by atoms with E-state index in [2.05, 4.69) is 5.32 Å². The van der Waals surface area contributed by atoms with E-state index < -0.39 is 11.6 Å². The largest absolute Gasteiger partial charge is 0.472 e. The number of rotatable bonds is 3. The number of furan rings is 1. The number of anilines is 2. The SMILES string of the molecule is CC1(C(=O)Nc2ccc3c(c2)CCN3C(=O)c2ccoc2)Cc2ccccc2C(=O)O1. The summed E-state index contributed by atoms with van der Waals surface area (Å²) in [6, 6.07) is 14.2. The summed E-state index contributed by atoms with van der Waals surface area (Å²) in [7, 11) is 0. The van der Waals surface area contributed by atoms with Crippen molar-refractivity contribution in [1.29, 1.82) is 0 Å². The van der Waals surface area contributed by atoms with Crippen molar-refractivity contribution < 1.29 is 23.5 Å². The van der Waals surface area contributed by atoms with Crippen molar-refractivity contribution in [3.8, 4) is 0 Å². The third-order valence-corrected chi connectivity index (χ3v) is 5.81. The summed E-state index contributed by atoms with van der Waals surface area (Å²) in [4.78, 5) is 39.7. The first-order valence-electron chi connectivity index (χ1n) is 10.0. The molecule has 0 saturated carbocycles. The van der Waals surface area contributed by atoms with E-state index in [1.165, 1.54) is 12.5 Å². The summed E-state index contributed by atoms with van der Waals surface area (Å²) in [6.07, 6.45) is 3.89. The van der Waals surface area contributed by atoms with Gasteiger partial charge in [0.15, 0.2) is 5.60 Å². The summed E-state index contributed by atoms with van der Waals surface area (Å²) >= 11 is 0. The molecule has 2 aliphatic heterocycles. The quantitative estimate of drug-likeness (QED) is 0.659. The summed E-state index contributed by atoms with van der Waals surface area (Å²) < 4.78 is 10.5. The predicted octanol–water partition coefficient (Wildman–Crippen LogP) is 3.59. The average Bonchev–Trinajstić information content (AvgIpc) is 3.43. The van der Waals surface area contributed by atoms with Gasteiger partial charge in [0, 0.05) is 24.3 Å². The van der Waals surface area contributed by atoms with Crippen LogP contribution in [0.1, 0.15) is 38.8 Å². The minimum absolute atomic E-state index is 0.121. The number of ether oxygens (including phenoxy) is 1. The Bertz CT molecular complexity index is 1200. The molecule has 0 spiro atoms. The van der Waals surface area contributed by atoms with E-state index in [1.807, 2.05) is 24.3 Å². The molecule has 3 heterocycles. The first kappa shape index (κ1) is 19.1. The normalized spacial score (nSPS) is 19.4. The molecular formula is C24H20N2O5. The molecule has 3 aromatic rings. The van der Waals surface area contributed by atoms with Gasteiger partial charge in [-0.3, -0.25) is 9.59 Å². The number of esters is 1. The van der Waals surface area contributed by atoms with E-state index in [4.69, 9.17) is 9.15 Å². The highest BCUT2D eigenvalue weighted by atomic mass is 16.6. The summed E-state index contributed by atoms with van der Waals surface area (Å²) in [5.74, 6) is -1.01. The van der Waals surface area contributed by atoms with Crippen LogP contribution < -0.4 is 10.2 Å². The molecule has 1 atom stereocenters. The molecule has 0 saturated heterocycles. The number of nitrogens with zero attached hydrogens (tertiary/aromatic N) is 1. The van der Waals surface area contributed by atoms with Gasteiger partial charge in [0.25, 0.3) is 11.8 Å². The lowest BCUT2D eigenvalue weighted by Crippen LogP contribution is -2.48. The molecule has 2 amide bonds. The Morgan fingerprint density at radius 3 is 2.74 bits per heavy atom. The van der Waals surface area contributed by atoms with Gasteiger partial charge in [-0.15, -0.1) is 0 Å². The Morgan fingerprint density at radius 1 is 1.10 bits per heavy atom. The molecule has 1 unspecified atom stereocenters. The number of carbonyl (C=O) groups excluding carboxylic acids is 3. The van der Waals surface area contributed by atoms with Crippen LogP contribution in [0.3, 0.4) is 0 Å². The Morgan fingerprint density at radius 2 is 1.94 bits per heavy atom. The molecular weight excluding hydrogens is 396 g/mol. The van der Waals surface area contributed by atoms with Gasteiger partial charge in [-0.1, -0.05) is 18.2 Å². The molecule has 0 fully saturated rings.